The predicted molar refractivity (Wildman–Crippen MR) is 97.0 cm³/mol. The van der Waals surface area contributed by atoms with Gasteiger partial charge in [0.1, 0.15) is 11.9 Å². The first-order valence-corrected chi connectivity index (χ1v) is 8.24. The van der Waals surface area contributed by atoms with Gasteiger partial charge in [-0.15, -0.1) is 0 Å². The van der Waals surface area contributed by atoms with Crippen molar-refractivity contribution < 1.29 is 24.0 Å². The first-order chi connectivity index (χ1) is 12.8. The summed E-state index contributed by atoms with van der Waals surface area (Å²) in [6.07, 6.45) is 0.693. The van der Waals surface area contributed by atoms with Crippen molar-refractivity contribution in [2.75, 3.05) is 6.61 Å². The molecule has 1 aromatic carbocycles. The molecular formula is C19H18N2O6. The molecule has 0 fully saturated rings. The number of carbonyl (C=O) groups is 2. The molecule has 2 atom stereocenters. The van der Waals surface area contributed by atoms with E-state index in [0.29, 0.717) is 11.8 Å². The number of hydrogen-bond donors (Lipinski definition) is 0. The normalized spacial score (nSPS) is 19.0. The summed E-state index contributed by atoms with van der Waals surface area (Å²) in [4.78, 5) is 51.1. The van der Waals surface area contributed by atoms with E-state index in [-0.39, 0.29) is 29.1 Å². The minimum absolute atomic E-state index is 0.0382. The van der Waals surface area contributed by atoms with Crippen LogP contribution in [0.25, 0.3) is 0 Å². The van der Waals surface area contributed by atoms with Gasteiger partial charge in [0.25, 0.3) is 5.69 Å². The summed E-state index contributed by atoms with van der Waals surface area (Å²) in [5.41, 5.74) is 0.640. The number of ketones is 1. The van der Waals surface area contributed by atoms with Crippen molar-refractivity contribution in [3.8, 4) is 0 Å². The van der Waals surface area contributed by atoms with E-state index in [1.807, 2.05) is 0 Å². The van der Waals surface area contributed by atoms with E-state index in [9.17, 15) is 24.5 Å². The first-order valence-electron chi connectivity index (χ1n) is 8.24. The van der Waals surface area contributed by atoms with Gasteiger partial charge in [-0.05, 0) is 20.8 Å². The number of allylic oxidation sites excluding steroid dienone is 3. The number of ether oxygens (including phenoxy) is 1. The van der Waals surface area contributed by atoms with E-state index < -0.39 is 28.5 Å². The van der Waals surface area contributed by atoms with Crippen molar-refractivity contribution in [3.63, 3.8) is 0 Å². The number of hydrogen-bond acceptors (Lipinski definition) is 7. The van der Waals surface area contributed by atoms with Crippen LogP contribution >= 0.6 is 0 Å². The number of nitro benzene ring substituents is 1. The third-order valence-electron chi connectivity index (χ3n) is 4.29. The van der Waals surface area contributed by atoms with Crippen LogP contribution in [0.2, 0.25) is 0 Å². The molecule has 1 heterocycles. The van der Waals surface area contributed by atoms with Crippen molar-refractivity contribution in [2.24, 2.45) is 10.9 Å². The van der Waals surface area contributed by atoms with Gasteiger partial charge in [0.15, 0.2) is 5.78 Å². The second kappa shape index (κ2) is 8.33. The van der Waals surface area contributed by atoms with Crippen LogP contribution in [0.15, 0.2) is 46.6 Å². The van der Waals surface area contributed by atoms with E-state index >= 15 is 0 Å². The van der Waals surface area contributed by atoms with Crippen molar-refractivity contribution >= 4 is 29.1 Å². The summed E-state index contributed by atoms with van der Waals surface area (Å²) in [6.45, 7) is 4.89. The number of nitrogens with zero attached hydrogens (tertiary/aromatic N) is 2. The SMILES string of the molecule is CCOC(=O)C1C(C)=NC(C)=C(C(=O)C=C=O)C1c1ccccc1[N+](=O)[O-]. The van der Waals surface area contributed by atoms with Gasteiger partial charge < -0.3 is 4.74 Å². The molecule has 0 aliphatic carbocycles. The van der Waals surface area contributed by atoms with Gasteiger partial charge in [0.2, 0.25) is 0 Å². The summed E-state index contributed by atoms with van der Waals surface area (Å²) < 4.78 is 5.12. The second-order valence-electron chi connectivity index (χ2n) is 5.90. The Hall–Kier alpha value is -3.38. The third-order valence-corrected chi connectivity index (χ3v) is 4.29. The molecule has 1 aromatic rings. The van der Waals surface area contributed by atoms with Crippen LogP contribution in [0.5, 0.6) is 0 Å². The molecule has 0 spiro atoms. The Morgan fingerprint density at radius 3 is 2.59 bits per heavy atom. The molecule has 0 aromatic heterocycles. The average molecular weight is 370 g/mol. The van der Waals surface area contributed by atoms with E-state index in [0.717, 1.165) is 0 Å². The minimum atomic E-state index is -1.02. The molecule has 27 heavy (non-hydrogen) atoms. The zero-order valence-electron chi connectivity index (χ0n) is 15.1. The molecule has 2 unspecified atom stereocenters. The van der Waals surface area contributed by atoms with E-state index in [1.54, 1.807) is 26.8 Å². The maximum absolute atomic E-state index is 12.6. The van der Waals surface area contributed by atoms with Gasteiger partial charge in [-0.25, -0.2) is 4.79 Å². The highest BCUT2D eigenvalue weighted by atomic mass is 16.6. The molecule has 1 aliphatic rings. The summed E-state index contributed by atoms with van der Waals surface area (Å²) in [5, 5.41) is 11.5. The van der Waals surface area contributed by atoms with Crippen LogP contribution in [0.1, 0.15) is 32.3 Å². The summed E-state index contributed by atoms with van der Waals surface area (Å²) in [7, 11) is 0. The third kappa shape index (κ3) is 3.91. The molecule has 8 heteroatoms. The molecule has 140 valence electrons. The molecule has 0 radical (unpaired) electrons. The molecule has 1 aliphatic heterocycles. The van der Waals surface area contributed by atoms with Gasteiger partial charge in [-0.2, -0.15) is 0 Å². The largest absolute Gasteiger partial charge is 0.465 e. The van der Waals surface area contributed by atoms with Gasteiger partial charge >= 0.3 is 5.97 Å². The molecule has 8 nitrogen and oxygen atoms in total. The molecule has 2 rings (SSSR count). The Labute approximate surface area is 155 Å². The highest BCUT2D eigenvalue weighted by molar-refractivity contribution is 6.13. The number of esters is 1. The number of nitro groups is 1. The maximum atomic E-state index is 12.6. The first kappa shape index (κ1) is 19.9. The summed E-state index contributed by atoms with van der Waals surface area (Å²) in [5.74, 6) is -1.94. The fraction of sp³-hybridized carbons (Fsp3) is 0.316. The fourth-order valence-corrected chi connectivity index (χ4v) is 3.28. The topological polar surface area (TPSA) is 116 Å². The van der Waals surface area contributed by atoms with Crippen LogP contribution < -0.4 is 0 Å². The Morgan fingerprint density at radius 2 is 2.00 bits per heavy atom. The zero-order chi connectivity index (χ0) is 20.1. The highest BCUT2D eigenvalue weighted by Crippen LogP contribution is 2.43. The monoisotopic (exact) mass is 370 g/mol. The molecular weight excluding hydrogens is 352 g/mol. The number of para-hydroxylation sites is 1. The lowest BCUT2D eigenvalue weighted by Gasteiger charge is -2.31. The number of aliphatic imine (C=N–C) groups is 1. The van der Waals surface area contributed by atoms with E-state index in [1.165, 1.54) is 24.1 Å². The lowest BCUT2D eigenvalue weighted by atomic mass is 9.74. The second-order valence-corrected chi connectivity index (χ2v) is 5.90. The Morgan fingerprint density at radius 1 is 1.33 bits per heavy atom. The van der Waals surface area contributed by atoms with Crippen molar-refractivity contribution in [2.45, 2.75) is 26.7 Å². The van der Waals surface area contributed by atoms with Crippen molar-refractivity contribution in [1.82, 2.24) is 0 Å². The maximum Gasteiger partial charge on any atom is 0.315 e. The van der Waals surface area contributed by atoms with Gasteiger partial charge in [0, 0.05) is 34.5 Å². The van der Waals surface area contributed by atoms with Gasteiger partial charge in [-0.3, -0.25) is 24.7 Å². The summed E-state index contributed by atoms with van der Waals surface area (Å²) in [6, 6.07) is 5.86. The lowest BCUT2D eigenvalue weighted by molar-refractivity contribution is -0.385. The Bertz CT molecular complexity index is 909. The predicted octanol–water partition coefficient (Wildman–Crippen LogP) is 2.56. The fourth-order valence-electron chi connectivity index (χ4n) is 3.28. The van der Waals surface area contributed by atoms with Crippen molar-refractivity contribution in [3.05, 3.63) is 57.3 Å². The smallest absolute Gasteiger partial charge is 0.315 e. The molecule has 0 bridgehead atoms. The van der Waals surface area contributed by atoms with Crippen LogP contribution in [-0.4, -0.2) is 34.9 Å². The number of carbonyl (C=O) groups excluding carboxylic acids is 3. The van der Waals surface area contributed by atoms with E-state index in [4.69, 9.17) is 4.74 Å². The Balaban J connectivity index is 2.79. The van der Waals surface area contributed by atoms with Gasteiger partial charge in [-0.1, -0.05) is 18.2 Å². The molecule has 0 saturated heterocycles. The van der Waals surface area contributed by atoms with Crippen LogP contribution in [-0.2, 0) is 19.1 Å². The van der Waals surface area contributed by atoms with Crippen LogP contribution in [0, 0.1) is 16.0 Å². The van der Waals surface area contributed by atoms with Crippen LogP contribution in [0.3, 0.4) is 0 Å². The standard InChI is InChI=1S/C19H18N2O6/c1-4-27-19(24)17-12(3)20-11(2)16(15(23)9-10-22)18(17)13-7-5-6-8-14(13)21(25)26/h5-9,17-18H,4H2,1-3H3. The zero-order valence-corrected chi connectivity index (χ0v) is 15.1. The highest BCUT2D eigenvalue weighted by Gasteiger charge is 2.43. The Kier molecular flexibility index (Phi) is 6.15. The summed E-state index contributed by atoms with van der Waals surface area (Å²) >= 11 is 0. The quantitative estimate of drug-likeness (QED) is 0.250. The molecule has 0 saturated carbocycles. The van der Waals surface area contributed by atoms with E-state index in [2.05, 4.69) is 4.99 Å². The average Bonchev–Trinajstić information content (AvgIpc) is 2.61. The molecule has 0 N–H and O–H groups in total. The lowest BCUT2D eigenvalue weighted by Crippen LogP contribution is -2.36. The van der Waals surface area contributed by atoms with Crippen molar-refractivity contribution in [1.29, 1.82) is 0 Å². The van der Waals surface area contributed by atoms with Gasteiger partial charge in [0.05, 0.1) is 17.6 Å². The van der Waals surface area contributed by atoms with Crippen LogP contribution in [0.4, 0.5) is 5.69 Å². The number of benzene rings is 1. The minimum Gasteiger partial charge on any atom is -0.465 e. The molecule has 0 amide bonds. The number of rotatable bonds is 6.